The van der Waals surface area contributed by atoms with E-state index in [1.807, 2.05) is 36.9 Å². The lowest BCUT2D eigenvalue weighted by Crippen LogP contribution is -2.43. The quantitative estimate of drug-likeness (QED) is 0.859. The summed E-state index contributed by atoms with van der Waals surface area (Å²) in [5.74, 6) is 0.769. The molecular weight excluding hydrogens is 296 g/mol. The molecular formula is C17H20N2O2S. The summed E-state index contributed by atoms with van der Waals surface area (Å²) in [4.78, 5) is 18.6. The number of aromatic nitrogens is 1. The van der Waals surface area contributed by atoms with Gasteiger partial charge in [0.05, 0.1) is 16.4 Å². The Labute approximate surface area is 134 Å². The van der Waals surface area contributed by atoms with E-state index in [9.17, 15) is 4.79 Å². The molecule has 2 heterocycles. The maximum Gasteiger partial charge on any atom is 0.265 e. The molecule has 0 bridgehead atoms. The van der Waals surface area contributed by atoms with Crippen molar-refractivity contribution in [1.29, 1.82) is 0 Å². The van der Waals surface area contributed by atoms with Crippen LogP contribution in [0.15, 0.2) is 23.6 Å². The molecule has 5 heteroatoms. The van der Waals surface area contributed by atoms with E-state index in [4.69, 9.17) is 4.74 Å². The zero-order valence-electron chi connectivity index (χ0n) is 13.1. The second-order valence-electron chi connectivity index (χ2n) is 5.71. The Morgan fingerprint density at radius 1 is 1.41 bits per heavy atom. The van der Waals surface area contributed by atoms with Crippen LogP contribution in [0.3, 0.4) is 0 Å². The van der Waals surface area contributed by atoms with Gasteiger partial charge in [0.2, 0.25) is 0 Å². The fourth-order valence-corrected chi connectivity index (χ4v) is 3.58. The van der Waals surface area contributed by atoms with Crippen LogP contribution < -0.4 is 9.64 Å². The number of ether oxygens (including phenoxy) is 1. The summed E-state index contributed by atoms with van der Waals surface area (Å²) in [6.45, 7) is 6.30. The first-order chi connectivity index (χ1) is 10.6. The normalized spacial score (nSPS) is 14.2. The lowest BCUT2D eigenvalue weighted by atomic mass is 10.1. The summed E-state index contributed by atoms with van der Waals surface area (Å²) in [7, 11) is 0. The van der Waals surface area contributed by atoms with E-state index in [1.165, 1.54) is 0 Å². The van der Waals surface area contributed by atoms with Gasteiger partial charge in [-0.1, -0.05) is 6.92 Å². The van der Waals surface area contributed by atoms with Crippen molar-refractivity contribution in [3.8, 4) is 17.0 Å². The summed E-state index contributed by atoms with van der Waals surface area (Å²) in [5.41, 5.74) is 2.84. The summed E-state index contributed by atoms with van der Waals surface area (Å²) in [6, 6.07) is 6.07. The third kappa shape index (κ3) is 2.73. The minimum atomic E-state index is 0.00426. The molecule has 22 heavy (non-hydrogen) atoms. The zero-order chi connectivity index (χ0) is 15.7. The van der Waals surface area contributed by atoms with Gasteiger partial charge in [-0.25, -0.2) is 4.98 Å². The van der Waals surface area contributed by atoms with Gasteiger partial charge in [-0.2, -0.15) is 0 Å². The maximum absolute atomic E-state index is 12.1. The number of fused-ring (bicyclic) bond motifs is 1. The van der Waals surface area contributed by atoms with Crippen molar-refractivity contribution in [3.63, 3.8) is 0 Å². The minimum Gasteiger partial charge on any atom is -0.482 e. The first-order valence-corrected chi connectivity index (χ1v) is 8.51. The summed E-state index contributed by atoms with van der Waals surface area (Å²) >= 11 is 1.69. The largest absolute Gasteiger partial charge is 0.482 e. The highest BCUT2D eigenvalue weighted by Gasteiger charge is 2.28. The van der Waals surface area contributed by atoms with Crippen LogP contribution in [-0.2, 0) is 11.2 Å². The SMILES string of the molecule is CCCc1nc(-c2ccc3c(c2)N(C(C)C)C(=O)CO3)cs1. The molecule has 0 atom stereocenters. The molecule has 0 spiro atoms. The molecule has 0 unspecified atom stereocenters. The average molecular weight is 316 g/mol. The van der Waals surface area contributed by atoms with E-state index in [2.05, 4.69) is 17.3 Å². The number of amides is 1. The van der Waals surface area contributed by atoms with Crippen LogP contribution in [-0.4, -0.2) is 23.5 Å². The number of anilines is 1. The smallest absolute Gasteiger partial charge is 0.265 e. The van der Waals surface area contributed by atoms with Crippen molar-refractivity contribution in [2.45, 2.75) is 39.7 Å². The van der Waals surface area contributed by atoms with E-state index in [0.29, 0.717) is 0 Å². The fourth-order valence-electron chi connectivity index (χ4n) is 2.67. The molecule has 0 N–H and O–H groups in total. The van der Waals surface area contributed by atoms with Gasteiger partial charge in [0, 0.05) is 17.0 Å². The van der Waals surface area contributed by atoms with Crippen molar-refractivity contribution in [3.05, 3.63) is 28.6 Å². The Morgan fingerprint density at radius 2 is 2.23 bits per heavy atom. The number of benzene rings is 1. The van der Waals surface area contributed by atoms with Gasteiger partial charge in [0.25, 0.3) is 5.91 Å². The van der Waals surface area contributed by atoms with Gasteiger partial charge >= 0.3 is 0 Å². The Hall–Kier alpha value is -1.88. The molecule has 1 aromatic carbocycles. The number of hydrogen-bond acceptors (Lipinski definition) is 4. The van der Waals surface area contributed by atoms with Crippen LogP contribution in [0.1, 0.15) is 32.2 Å². The molecule has 0 aliphatic carbocycles. The number of rotatable bonds is 4. The number of carbonyl (C=O) groups is 1. The molecule has 1 aromatic heterocycles. The summed E-state index contributed by atoms with van der Waals surface area (Å²) < 4.78 is 5.54. The summed E-state index contributed by atoms with van der Waals surface area (Å²) in [6.07, 6.45) is 2.11. The molecule has 116 valence electrons. The molecule has 0 saturated heterocycles. The molecule has 0 saturated carbocycles. The number of hydrogen-bond donors (Lipinski definition) is 0. The van der Waals surface area contributed by atoms with Crippen LogP contribution >= 0.6 is 11.3 Å². The number of nitrogens with zero attached hydrogens (tertiary/aromatic N) is 2. The lowest BCUT2D eigenvalue weighted by Gasteiger charge is -2.32. The van der Waals surface area contributed by atoms with Crippen LogP contribution in [0.5, 0.6) is 5.75 Å². The molecule has 4 nitrogen and oxygen atoms in total. The van der Waals surface area contributed by atoms with Crippen molar-refractivity contribution >= 4 is 22.9 Å². The predicted molar refractivity (Wildman–Crippen MR) is 89.7 cm³/mol. The van der Waals surface area contributed by atoms with E-state index in [1.54, 1.807) is 11.3 Å². The Bertz CT molecular complexity index is 694. The monoisotopic (exact) mass is 316 g/mol. The van der Waals surface area contributed by atoms with Crippen molar-refractivity contribution in [2.24, 2.45) is 0 Å². The van der Waals surface area contributed by atoms with Crippen LogP contribution in [0.4, 0.5) is 5.69 Å². The van der Waals surface area contributed by atoms with E-state index < -0.39 is 0 Å². The van der Waals surface area contributed by atoms with Gasteiger partial charge in [0.1, 0.15) is 5.75 Å². The predicted octanol–water partition coefficient (Wildman–Crippen LogP) is 3.90. The molecule has 0 radical (unpaired) electrons. The van der Waals surface area contributed by atoms with Gasteiger partial charge in [0.15, 0.2) is 6.61 Å². The summed E-state index contributed by atoms with van der Waals surface area (Å²) in [5, 5.41) is 3.24. The van der Waals surface area contributed by atoms with Crippen LogP contribution in [0.25, 0.3) is 11.3 Å². The standard InChI is InChI=1S/C17H20N2O2S/c1-4-5-16-18-13(10-22-16)12-6-7-15-14(8-12)19(11(2)3)17(20)9-21-15/h6-8,10-11H,4-5,9H2,1-3H3. The topological polar surface area (TPSA) is 42.4 Å². The van der Waals surface area contributed by atoms with Gasteiger partial charge in [-0.15, -0.1) is 11.3 Å². The molecule has 1 aliphatic heterocycles. The average Bonchev–Trinajstić information content (AvgIpc) is 2.95. The number of thiazole rings is 1. The molecule has 0 fully saturated rings. The third-order valence-electron chi connectivity index (χ3n) is 3.67. The highest BCUT2D eigenvalue weighted by Crippen LogP contribution is 2.37. The lowest BCUT2D eigenvalue weighted by molar-refractivity contribution is -0.121. The van der Waals surface area contributed by atoms with Gasteiger partial charge in [-0.05, 0) is 44.9 Å². The van der Waals surface area contributed by atoms with Crippen LogP contribution in [0, 0.1) is 0 Å². The first-order valence-electron chi connectivity index (χ1n) is 7.63. The maximum atomic E-state index is 12.1. The fraction of sp³-hybridized carbons (Fsp3) is 0.412. The second-order valence-corrected chi connectivity index (χ2v) is 6.65. The second kappa shape index (κ2) is 6.08. The molecule has 1 aliphatic rings. The minimum absolute atomic E-state index is 0.00426. The highest BCUT2D eigenvalue weighted by molar-refractivity contribution is 7.09. The van der Waals surface area contributed by atoms with Crippen molar-refractivity contribution in [1.82, 2.24) is 4.98 Å². The highest BCUT2D eigenvalue weighted by atomic mass is 32.1. The Balaban J connectivity index is 1.99. The van der Waals surface area contributed by atoms with E-state index in [-0.39, 0.29) is 18.6 Å². The zero-order valence-corrected chi connectivity index (χ0v) is 13.9. The first kappa shape index (κ1) is 15.0. The Kier molecular flexibility index (Phi) is 4.16. The number of aryl methyl sites for hydroxylation is 1. The molecule has 1 amide bonds. The van der Waals surface area contributed by atoms with Gasteiger partial charge < -0.3 is 9.64 Å². The van der Waals surface area contributed by atoms with Gasteiger partial charge in [-0.3, -0.25) is 4.79 Å². The van der Waals surface area contributed by atoms with Crippen molar-refractivity contribution < 1.29 is 9.53 Å². The van der Waals surface area contributed by atoms with E-state index >= 15 is 0 Å². The molecule has 2 aromatic rings. The number of carbonyl (C=O) groups excluding carboxylic acids is 1. The van der Waals surface area contributed by atoms with Crippen LogP contribution in [0.2, 0.25) is 0 Å². The Morgan fingerprint density at radius 3 is 2.95 bits per heavy atom. The third-order valence-corrected chi connectivity index (χ3v) is 4.57. The van der Waals surface area contributed by atoms with E-state index in [0.717, 1.165) is 40.5 Å². The molecule has 3 rings (SSSR count). The van der Waals surface area contributed by atoms with Crippen molar-refractivity contribution in [2.75, 3.05) is 11.5 Å².